The first-order valence-corrected chi connectivity index (χ1v) is 7.49. The number of aromatic carboxylic acids is 1. The van der Waals surface area contributed by atoms with Crippen LogP contribution in [0.2, 0.25) is 0 Å². The maximum Gasteiger partial charge on any atom is 0.419 e. The summed E-state index contributed by atoms with van der Waals surface area (Å²) in [5.74, 6) is -4.90. The highest BCUT2D eigenvalue weighted by molar-refractivity contribution is 5.96. The second kappa shape index (κ2) is 6.87. The van der Waals surface area contributed by atoms with Crippen LogP contribution in [0.15, 0.2) is 30.5 Å². The van der Waals surface area contributed by atoms with Gasteiger partial charge in [0, 0.05) is 12.6 Å². The number of carbonyl (C=O) groups is 2. The topological polar surface area (TPSA) is 96.6 Å². The number of hydrogen-bond donors (Lipinski definition) is 2. The molecule has 0 fully saturated rings. The highest BCUT2D eigenvalue weighted by atomic mass is 19.4. The van der Waals surface area contributed by atoms with Crippen molar-refractivity contribution < 1.29 is 36.6 Å². The van der Waals surface area contributed by atoms with Gasteiger partial charge in [-0.1, -0.05) is 6.07 Å². The third-order valence-corrected chi connectivity index (χ3v) is 3.67. The molecule has 0 unspecified atom stereocenters. The fourth-order valence-corrected chi connectivity index (χ4v) is 2.38. The predicted molar refractivity (Wildman–Crippen MR) is 82.5 cm³/mol. The standard InChI is InChI=1S/C16H9F5N4O3/c17-9-2-1-7(3-8(9)16(19,20)21)5-22-14(26)11-4-12(15(27)28)25-13(24-11)10(18)6-23-25/h1-4,6H,5H2,(H,22,26)(H,27,28). The Balaban J connectivity index is 1.86. The van der Waals surface area contributed by atoms with Crippen molar-refractivity contribution in [1.29, 1.82) is 0 Å². The molecule has 0 aliphatic carbocycles. The molecule has 12 heteroatoms. The number of fused-ring (bicyclic) bond motifs is 1. The zero-order valence-corrected chi connectivity index (χ0v) is 13.6. The summed E-state index contributed by atoms with van der Waals surface area (Å²) >= 11 is 0. The lowest BCUT2D eigenvalue weighted by Gasteiger charge is -2.11. The van der Waals surface area contributed by atoms with Gasteiger partial charge in [0.1, 0.15) is 11.5 Å². The Morgan fingerprint density at radius 1 is 1.14 bits per heavy atom. The Morgan fingerprint density at radius 3 is 2.50 bits per heavy atom. The van der Waals surface area contributed by atoms with Gasteiger partial charge < -0.3 is 10.4 Å². The molecule has 0 bridgehead atoms. The van der Waals surface area contributed by atoms with Crippen LogP contribution in [0.5, 0.6) is 0 Å². The highest BCUT2D eigenvalue weighted by Gasteiger charge is 2.34. The number of carboxylic acid groups (broad SMARTS) is 1. The molecular weight excluding hydrogens is 391 g/mol. The molecule has 28 heavy (non-hydrogen) atoms. The molecule has 0 radical (unpaired) electrons. The lowest BCUT2D eigenvalue weighted by atomic mass is 10.1. The summed E-state index contributed by atoms with van der Waals surface area (Å²) in [7, 11) is 0. The van der Waals surface area contributed by atoms with Crippen molar-refractivity contribution in [2.75, 3.05) is 0 Å². The smallest absolute Gasteiger partial charge is 0.419 e. The summed E-state index contributed by atoms with van der Waals surface area (Å²) < 4.78 is 65.8. The molecule has 2 heterocycles. The zero-order chi connectivity index (χ0) is 20.6. The molecular formula is C16H9F5N4O3. The lowest BCUT2D eigenvalue weighted by Crippen LogP contribution is -2.25. The van der Waals surface area contributed by atoms with E-state index in [1.165, 1.54) is 0 Å². The molecule has 0 saturated heterocycles. The first-order valence-electron chi connectivity index (χ1n) is 7.49. The minimum Gasteiger partial charge on any atom is -0.477 e. The molecule has 2 N–H and O–H groups in total. The van der Waals surface area contributed by atoms with E-state index in [4.69, 9.17) is 5.11 Å². The van der Waals surface area contributed by atoms with Crippen molar-refractivity contribution >= 4 is 17.5 Å². The molecule has 2 aromatic heterocycles. The highest BCUT2D eigenvalue weighted by Crippen LogP contribution is 2.31. The van der Waals surface area contributed by atoms with Gasteiger partial charge >= 0.3 is 12.1 Å². The number of aromatic nitrogens is 3. The Morgan fingerprint density at radius 2 is 1.86 bits per heavy atom. The minimum absolute atomic E-state index is 0.0582. The quantitative estimate of drug-likeness (QED) is 0.657. The first kappa shape index (κ1) is 19.2. The number of hydrogen-bond acceptors (Lipinski definition) is 4. The van der Waals surface area contributed by atoms with E-state index in [1.807, 2.05) is 0 Å². The van der Waals surface area contributed by atoms with Crippen molar-refractivity contribution in [1.82, 2.24) is 19.9 Å². The zero-order valence-electron chi connectivity index (χ0n) is 13.6. The van der Waals surface area contributed by atoms with E-state index < -0.39 is 58.8 Å². The van der Waals surface area contributed by atoms with Gasteiger partial charge in [0.25, 0.3) is 5.91 Å². The monoisotopic (exact) mass is 400 g/mol. The molecule has 0 atom stereocenters. The van der Waals surface area contributed by atoms with Gasteiger partial charge in [0.2, 0.25) is 0 Å². The summed E-state index contributed by atoms with van der Waals surface area (Å²) in [5.41, 5.74) is -3.08. The largest absolute Gasteiger partial charge is 0.477 e. The van der Waals surface area contributed by atoms with E-state index in [9.17, 15) is 31.5 Å². The van der Waals surface area contributed by atoms with E-state index in [-0.39, 0.29) is 5.56 Å². The van der Waals surface area contributed by atoms with Crippen molar-refractivity contribution in [2.45, 2.75) is 12.7 Å². The van der Waals surface area contributed by atoms with Crippen LogP contribution in [-0.4, -0.2) is 31.6 Å². The van der Waals surface area contributed by atoms with Gasteiger partial charge in [0.15, 0.2) is 17.2 Å². The van der Waals surface area contributed by atoms with Gasteiger partial charge in [-0.15, -0.1) is 0 Å². The van der Waals surface area contributed by atoms with Crippen LogP contribution in [0.1, 0.15) is 32.1 Å². The van der Waals surface area contributed by atoms with E-state index in [2.05, 4.69) is 15.4 Å². The van der Waals surface area contributed by atoms with E-state index >= 15 is 0 Å². The fraction of sp³-hybridized carbons (Fsp3) is 0.125. The van der Waals surface area contributed by atoms with Crippen LogP contribution in [0.4, 0.5) is 22.0 Å². The maximum absolute atomic E-state index is 13.7. The van der Waals surface area contributed by atoms with E-state index in [1.54, 1.807) is 0 Å². The van der Waals surface area contributed by atoms with Crippen LogP contribution < -0.4 is 5.32 Å². The van der Waals surface area contributed by atoms with Gasteiger partial charge in [-0.25, -0.2) is 23.1 Å². The van der Waals surface area contributed by atoms with Crippen LogP contribution in [0.3, 0.4) is 0 Å². The Hall–Kier alpha value is -3.57. The fourth-order valence-electron chi connectivity index (χ4n) is 2.38. The molecule has 0 saturated carbocycles. The molecule has 0 aliphatic rings. The van der Waals surface area contributed by atoms with Gasteiger partial charge in [-0.3, -0.25) is 4.79 Å². The number of carbonyl (C=O) groups excluding carboxylic acids is 1. The number of benzene rings is 1. The van der Waals surface area contributed by atoms with Crippen LogP contribution in [0.25, 0.3) is 5.65 Å². The Kier molecular flexibility index (Phi) is 4.71. The van der Waals surface area contributed by atoms with E-state index in [0.717, 1.165) is 12.1 Å². The average Bonchev–Trinajstić information content (AvgIpc) is 3.00. The van der Waals surface area contributed by atoms with Crippen LogP contribution >= 0.6 is 0 Å². The van der Waals surface area contributed by atoms with Gasteiger partial charge in [0.05, 0.1) is 11.8 Å². The summed E-state index contributed by atoms with van der Waals surface area (Å²) in [6, 6.07) is 3.02. The summed E-state index contributed by atoms with van der Waals surface area (Å²) in [6.45, 7) is -0.431. The number of nitrogens with zero attached hydrogens (tertiary/aromatic N) is 3. The second-order valence-corrected chi connectivity index (χ2v) is 5.55. The Labute approximate surface area is 152 Å². The maximum atomic E-state index is 13.7. The molecule has 0 spiro atoms. The third-order valence-electron chi connectivity index (χ3n) is 3.67. The third kappa shape index (κ3) is 3.61. The number of carboxylic acids is 1. The summed E-state index contributed by atoms with van der Waals surface area (Å²) in [6.07, 6.45) is -4.19. The first-order chi connectivity index (χ1) is 13.1. The lowest BCUT2D eigenvalue weighted by molar-refractivity contribution is -0.140. The van der Waals surface area contributed by atoms with Crippen molar-refractivity contribution in [3.63, 3.8) is 0 Å². The molecule has 1 amide bonds. The van der Waals surface area contributed by atoms with E-state index in [0.29, 0.717) is 22.8 Å². The van der Waals surface area contributed by atoms with Crippen molar-refractivity contribution in [2.24, 2.45) is 0 Å². The summed E-state index contributed by atoms with van der Waals surface area (Å²) in [5, 5.41) is 14.9. The second-order valence-electron chi connectivity index (χ2n) is 5.55. The number of alkyl halides is 3. The van der Waals surface area contributed by atoms with Crippen LogP contribution in [-0.2, 0) is 12.7 Å². The average molecular weight is 400 g/mol. The number of halogens is 5. The van der Waals surface area contributed by atoms with Crippen molar-refractivity contribution in [3.05, 3.63) is 64.6 Å². The number of amides is 1. The predicted octanol–water partition coefficient (Wildman–Crippen LogP) is 2.65. The molecule has 146 valence electrons. The van der Waals surface area contributed by atoms with Crippen molar-refractivity contribution in [3.8, 4) is 0 Å². The van der Waals surface area contributed by atoms with Crippen LogP contribution in [0, 0.1) is 11.6 Å². The number of rotatable bonds is 4. The molecule has 3 aromatic rings. The minimum atomic E-state index is -4.91. The molecule has 1 aromatic carbocycles. The van der Waals surface area contributed by atoms with Gasteiger partial charge in [-0.05, 0) is 17.7 Å². The normalized spacial score (nSPS) is 11.6. The number of nitrogens with one attached hydrogen (secondary N) is 1. The SMILES string of the molecule is O=C(NCc1ccc(F)c(C(F)(F)F)c1)c1cc(C(=O)O)n2ncc(F)c2n1. The molecule has 7 nitrogen and oxygen atoms in total. The van der Waals surface area contributed by atoms with Gasteiger partial charge in [-0.2, -0.15) is 18.3 Å². The molecule has 0 aliphatic heterocycles. The molecule has 3 rings (SSSR count). The Bertz CT molecular complexity index is 1090. The summed E-state index contributed by atoms with van der Waals surface area (Å²) in [4.78, 5) is 27.1.